The van der Waals surface area contributed by atoms with E-state index in [-0.39, 0.29) is 23.6 Å². The van der Waals surface area contributed by atoms with E-state index >= 15 is 0 Å². The van der Waals surface area contributed by atoms with Crippen LogP contribution >= 0.6 is 0 Å². The van der Waals surface area contributed by atoms with Crippen LogP contribution in [0, 0.1) is 5.92 Å². The van der Waals surface area contributed by atoms with Crippen molar-refractivity contribution in [3.8, 4) is 0 Å². The number of para-hydroxylation sites is 1. The van der Waals surface area contributed by atoms with E-state index in [1.807, 2.05) is 18.2 Å². The first kappa shape index (κ1) is 20.2. The Balaban J connectivity index is 1.55. The highest BCUT2D eigenvalue weighted by Gasteiger charge is 2.37. The lowest BCUT2D eigenvalue weighted by Crippen LogP contribution is -2.52. The quantitative estimate of drug-likeness (QED) is 0.759. The van der Waals surface area contributed by atoms with Crippen molar-refractivity contribution in [2.45, 2.75) is 38.3 Å². The first-order valence-electron chi connectivity index (χ1n) is 10.5. The van der Waals surface area contributed by atoms with Gasteiger partial charge < -0.3 is 20.1 Å². The zero-order valence-corrected chi connectivity index (χ0v) is 17.3. The first-order valence-corrected chi connectivity index (χ1v) is 10.5. The number of amides is 3. The zero-order valence-electron chi connectivity index (χ0n) is 17.3. The minimum Gasteiger partial charge on any atom is -0.357 e. The van der Waals surface area contributed by atoms with Gasteiger partial charge in [-0.05, 0) is 36.5 Å². The van der Waals surface area contributed by atoms with E-state index in [2.05, 4.69) is 22.9 Å². The maximum Gasteiger partial charge on any atom is 0.245 e. The number of piperidine rings is 1. The third kappa shape index (κ3) is 3.72. The minimum absolute atomic E-state index is 0.0363. The smallest absolute Gasteiger partial charge is 0.245 e. The molecule has 158 valence electrons. The Labute approximate surface area is 176 Å². The molecule has 4 rings (SSSR count). The fourth-order valence-electron chi connectivity index (χ4n) is 4.80. The second-order valence-electron chi connectivity index (χ2n) is 8.18. The molecule has 0 bridgehead atoms. The summed E-state index contributed by atoms with van der Waals surface area (Å²) >= 11 is 0. The molecule has 0 unspecified atom stereocenters. The molecule has 2 N–H and O–H groups in total. The molecule has 3 amide bonds. The van der Waals surface area contributed by atoms with E-state index in [9.17, 15) is 14.4 Å². The van der Waals surface area contributed by atoms with Gasteiger partial charge in [0.1, 0.15) is 6.04 Å². The standard InChI is InChI=1S/C23H28N4O3/c1-3-21(28)26-10-6-7-15(13-26)11-22(29)27-14-19-17(12-20(27)23(30)24-2)16-8-4-5-9-18(16)25-19/h3-5,8-9,15,20,25H,1,6-7,10-14H2,2H3,(H,24,30)/t15-,20-/m1/s1. The molecule has 30 heavy (non-hydrogen) atoms. The Morgan fingerprint density at radius 1 is 1.30 bits per heavy atom. The fourth-order valence-corrected chi connectivity index (χ4v) is 4.80. The largest absolute Gasteiger partial charge is 0.357 e. The number of likely N-dealkylation sites (tertiary alicyclic amines) is 1. The number of H-pyrrole nitrogens is 1. The van der Waals surface area contributed by atoms with Gasteiger partial charge in [0.25, 0.3) is 0 Å². The average Bonchev–Trinajstić information content (AvgIpc) is 3.14. The summed E-state index contributed by atoms with van der Waals surface area (Å²) in [5.41, 5.74) is 3.14. The average molecular weight is 409 g/mol. The number of carbonyl (C=O) groups is 3. The summed E-state index contributed by atoms with van der Waals surface area (Å²) < 4.78 is 0. The van der Waals surface area contributed by atoms with E-state index in [0.717, 1.165) is 35.0 Å². The Bertz CT molecular complexity index is 995. The van der Waals surface area contributed by atoms with Gasteiger partial charge in [-0.15, -0.1) is 0 Å². The molecule has 0 radical (unpaired) electrons. The van der Waals surface area contributed by atoms with Gasteiger partial charge in [0, 0.05) is 49.6 Å². The van der Waals surface area contributed by atoms with Crippen LogP contribution in [0.3, 0.4) is 0 Å². The van der Waals surface area contributed by atoms with Crippen LogP contribution in [0.5, 0.6) is 0 Å². The van der Waals surface area contributed by atoms with E-state index < -0.39 is 6.04 Å². The van der Waals surface area contributed by atoms with E-state index in [1.54, 1.807) is 16.8 Å². The van der Waals surface area contributed by atoms with Crippen molar-refractivity contribution in [1.82, 2.24) is 20.1 Å². The predicted octanol–water partition coefficient (Wildman–Crippen LogP) is 1.98. The number of carbonyl (C=O) groups excluding carboxylic acids is 3. The lowest BCUT2D eigenvalue weighted by atomic mass is 9.91. The van der Waals surface area contributed by atoms with Crippen molar-refractivity contribution >= 4 is 28.6 Å². The number of aromatic amines is 1. The molecule has 3 heterocycles. The Morgan fingerprint density at radius 3 is 2.87 bits per heavy atom. The van der Waals surface area contributed by atoms with E-state index in [0.29, 0.717) is 32.5 Å². The van der Waals surface area contributed by atoms with Gasteiger partial charge in [0.05, 0.1) is 6.54 Å². The Morgan fingerprint density at radius 2 is 2.10 bits per heavy atom. The second-order valence-corrected chi connectivity index (χ2v) is 8.18. The topological polar surface area (TPSA) is 85.5 Å². The van der Waals surface area contributed by atoms with E-state index in [4.69, 9.17) is 0 Å². The maximum atomic E-state index is 13.3. The lowest BCUT2D eigenvalue weighted by molar-refractivity contribution is -0.143. The van der Waals surface area contributed by atoms with Gasteiger partial charge in [-0.25, -0.2) is 0 Å². The van der Waals surface area contributed by atoms with Crippen molar-refractivity contribution < 1.29 is 14.4 Å². The molecule has 2 atom stereocenters. The third-order valence-electron chi connectivity index (χ3n) is 6.34. The third-order valence-corrected chi connectivity index (χ3v) is 6.34. The van der Waals surface area contributed by atoms with Crippen LogP contribution in [0.2, 0.25) is 0 Å². The van der Waals surface area contributed by atoms with Gasteiger partial charge in [0.15, 0.2) is 0 Å². The van der Waals surface area contributed by atoms with Gasteiger partial charge in [-0.3, -0.25) is 14.4 Å². The Kier molecular flexibility index (Phi) is 5.61. The molecule has 1 aromatic carbocycles. The molecular weight excluding hydrogens is 380 g/mol. The van der Waals surface area contributed by atoms with Crippen molar-refractivity contribution in [3.63, 3.8) is 0 Å². The molecule has 1 fully saturated rings. The summed E-state index contributed by atoms with van der Waals surface area (Å²) in [6.07, 6.45) is 3.94. The highest BCUT2D eigenvalue weighted by Crippen LogP contribution is 2.31. The second kappa shape index (κ2) is 8.34. The summed E-state index contributed by atoms with van der Waals surface area (Å²) in [5, 5.41) is 3.83. The van der Waals surface area contributed by atoms with E-state index in [1.165, 1.54) is 6.08 Å². The first-order chi connectivity index (χ1) is 14.5. The summed E-state index contributed by atoms with van der Waals surface area (Å²) in [6, 6.07) is 7.51. The molecule has 7 nitrogen and oxygen atoms in total. The number of benzene rings is 1. The number of rotatable bonds is 4. The SMILES string of the molecule is C=CC(=O)N1CCC[C@H](CC(=O)N2Cc3[nH]c4ccccc4c3C[C@@H]2C(=O)NC)C1. The highest BCUT2D eigenvalue weighted by molar-refractivity contribution is 5.91. The number of hydrogen-bond acceptors (Lipinski definition) is 3. The summed E-state index contributed by atoms with van der Waals surface area (Å²) in [6.45, 7) is 5.22. The van der Waals surface area contributed by atoms with Crippen LogP contribution in [-0.4, -0.2) is 58.7 Å². The molecule has 0 spiro atoms. The lowest BCUT2D eigenvalue weighted by Gasteiger charge is -2.37. The summed E-state index contributed by atoms with van der Waals surface area (Å²) in [7, 11) is 1.61. The zero-order chi connectivity index (χ0) is 21.3. The fraction of sp³-hybridized carbons (Fsp3) is 0.435. The molecule has 0 aliphatic carbocycles. The van der Waals surface area contributed by atoms with Crippen LogP contribution in [0.4, 0.5) is 0 Å². The molecule has 1 saturated heterocycles. The predicted molar refractivity (Wildman–Crippen MR) is 115 cm³/mol. The molecule has 7 heteroatoms. The molecule has 2 aliphatic rings. The number of likely N-dealkylation sites (N-methyl/N-ethyl adjacent to an activating group) is 1. The highest BCUT2D eigenvalue weighted by atomic mass is 16.2. The van der Waals surface area contributed by atoms with Crippen molar-refractivity contribution in [1.29, 1.82) is 0 Å². The van der Waals surface area contributed by atoms with Crippen molar-refractivity contribution in [3.05, 3.63) is 48.2 Å². The van der Waals surface area contributed by atoms with Crippen LogP contribution in [0.1, 0.15) is 30.5 Å². The van der Waals surface area contributed by atoms with Crippen molar-refractivity contribution in [2.75, 3.05) is 20.1 Å². The molecule has 1 aromatic heterocycles. The van der Waals surface area contributed by atoms with Gasteiger partial charge >= 0.3 is 0 Å². The normalized spacial score (nSPS) is 21.2. The number of aromatic nitrogens is 1. The van der Waals surface area contributed by atoms with Crippen LogP contribution in [-0.2, 0) is 27.3 Å². The molecule has 2 aromatic rings. The maximum absolute atomic E-state index is 13.3. The van der Waals surface area contributed by atoms with Crippen LogP contribution in [0.15, 0.2) is 36.9 Å². The molecule has 2 aliphatic heterocycles. The van der Waals surface area contributed by atoms with Crippen molar-refractivity contribution in [2.24, 2.45) is 5.92 Å². The van der Waals surface area contributed by atoms with Crippen LogP contribution in [0.25, 0.3) is 10.9 Å². The number of nitrogens with one attached hydrogen (secondary N) is 2. The monoisotopic (exact) mass is 408 g/mol. The minimum atomic E-state index is -0.524. The summed E-state index contributed by atoms with van der Waals surface area (Å²) in [5.74, 6) is -0.169. The number of hydrogen-bond donors (Lipinski definition) is 2. The van der Waals surface area contributed by atoms with Crippen LogP contribution < -0.4 is 5.32 Å². The van der Waals surface area contributed by atoms with Gasteiger partial charge in [-0.2, -0.15) is 0 Å². The van der Waals surface area contributed by atoms with Gasteiger partial charge in [0.2, 0.25) is 17.7 Å². The summed E-state index contributed by atoms with van der Waals surface area (Å²) in [4.78, 5) is 44.8. The van der Waals surface area contributed by atoms with Gasteiger partial charge in [-0.1, -0.05) is 24.8 Å². The number of fused-ring (bicyclic) bond motifs is 3. The molecular formula is C23H28N4O3. The molecule has 0 saturated carbocycles. The Hall–Kier alpha value is -3.09. The number of nitrogens with zero attached hydrogens (tertiary/aromatic N) is 2.